The molecule has 5 rings (SSSR count). The molecule has 9 heteroatoms. The van der Waals surface area contributed by atoms with Crippen LogP contribution in [0.1, 0.15) is 64.7 Å². The number of nitrogens with one attached hydrogen (secondary N) is 2. The van der Waals surface area contributed by atoms with Gasteiger partial charge >= 0.3 is 0 Å². The summed E-state index contributed by atoms with van der Waals surface area (Å²) in [6, 6.07) is 8.21. The van der Waals surface area contributed by atoms with Gasteiger partial charge in [0.25, 0.3) is 5.91 Å². The lowest BCUT2D eigenvalue weighted by molar-refractivity contribution is 0.0945. The van der Waals surface area contributed by atoms with Crippen molar-refractivity contribution >= 4 is 16.9 Å². The maximum Gasteiger partial charge on any atom is 0.273 e. The minimum Gasteiger partial charge on any atom is -0.345 e. The van der Waals surface area contributed by atoms with Crippen LogP contribution in [0.15, 0.2) is 36.7 Å². The molecule has 0 spiro atoms. The zero-order valence-electron chi connectivity index (χ0n) is 18.1. The number of unbranched alkanes of at least 4 members (excludes halogenated alkanes) is 1. The molecule has 1 fully saturated rings. The molecule has 9 nitrogen and oxygen atoms in total. The number of aryl methyl sites for hydroxylation is 3. The summed E-state index contributed by atoms with van der Waals surface area (Å²) < 4.78 is 1.71. The van der Waals surface area contributed by atoms with Crippen LogP contribution in [-0.2, 0) is 19.5 Å². The van der Waals surface area contributed by atoms with Gasteiger partial charge < -0.3 is 10.3 Å². The van der Waals surface area contributed by atoms with Gasteiger partial charge in [-0.15, -0.1) is 10.2 Å². The first-order valence-electron chi connectivity index (χ1n) is 11.1. The monoisotopic (exact) mass is 430 g/mol. The predicted octanol–water partition coefficient (Wildman–Crippen LogP) is 3.08. The van der Waals surface area contributed by atoms with Crippen molar-refractivity contribution in [3.63, 3.8) is 0 Å². The van der Waals surface area contributed by atoms with Crippen LogP contribution in [0, 0.1) is 6.92 Å². The van der Waals surface area contributed by atoms with Crippen LogP contribution in [0.4, 0.5) is 0 Å². The largest absolute Gasteiger partial charge is 0.345 e. The molecule has 0 saturated heterocycles. The quantitative estimate of drug-likeness (QED) is 0.395. The van der Waals surface area contributed by atoms with Crippen LogP contribution in [-0.4, -0.2) is 41.1 Å². The third-order valence-electron chi connectivity index (χ3n) is 5.71. The number of H-pyrrole nitrogens is 1. The number of pyridine rings is 1. The van der Waals surface area contributed by atoms with Gasteiger partial charge in [-0.1, -0.05) is 11.3 Å². The molecular weight excluding hydrogens is 404 g/mol. The Hall–Kier alpha value is -3.62. The number of rotatable bonds is 9. The molecule has 2 N–H and O–H groups in total. The van der Waals surface area contributed by atoms with Crippen molar-refractivity contribution in [2.45, 2.75) is 58.0 Å². The van der Waals surface area contributed by atoms with E-state index < -0.39 is 0 Å². The molecule has 0 unspecified atom stereocenters. The molecule has 1 amide bonds. The Labute approximate surface area is 185 Å². The Morgan fingerprint density at radius 3 is 2.88 bits per heavy atom. The van der Waals surface area contributed by atoms with Gasteiger partial charge in [0.05, 0.1) is 24.1 Å². The van der Waals surface area contributed by atoms with Gasteiger partial charge in [0.1, 0.15) is 0 Å². The van der Waals surface area contributed by atoms with E-state index in [2.05, 4.69) is 47.9 Å². The Morgan fingerprint density at radius 1 is 1.16 bits per heavy atom. The topological polar surface area (TPSA) is 114 Å². The van der Waals surface area contributed by atoms with Crippen LogP contribution in [0.3, 0.4) is 0 Å². The van der Waals surface area contributed by atoms with Crippen molar-refractivity contribution in [2.24, 2.45) is 0 Å². The van der Waals surface area contributed by atoms with Crippen molar-refractivity contribution in [3.8, 4) is 0 Å². The van der Waals surface area contributed by atoms with Gasteiger partial charge in [0, 0.05) is 23.8 Å². The van der Waals surface area contributed by atoms with Crippen molar-refractivity contribution < 1.29 is 4.79 Å². The van der Waals surface area contributed by atoms with Gasteiger partial charge in [-0.05, 0) is 68.7 Å². The summed E-state index contributed by atoms with van der Waals surface area (Å²) in [7, 11) is 0. The summed E-state index contributed by atoms with van der Waals surface area (Å²) in [6.45, 7) is 3.04. The van der Waals surface area contributed by atoms with Gasteiger partial charge in [0.15, 0.2) is 11.3 Å². The number of hydrogen-bond donors (Lipinski definition) is 2. The van der Waals surface area contributed by atoms with Gasteiger partial charge in [-0.2, -0.15) is 5.10 Å². The molecular formula is C23H26N8O. The van der Waals surface area contributed by atoms with E-state index in [9.17, 15) is 4.79 Å². The maximum absolute atomic E-state index is 12.3. The fraction of sp³-hybridized carbons (Fsp3) is 0.391. The van der Waals surface area contributed by atoms with Crippen molar-refractivity contribution in [1.29, 1.82) is 0 Å². The van der Waals surface area contributed by atoms with Crippen molar-refractivity contribution in [2.75, 3.05) is 0 Å². The minimum absolute atomic E-state index is 0.251. The molecule has 4 heterocycles. The summed E-state index contributed by atoms with van der Waals surface area (Å²) in [6.07, 6.45) is 8.73. The number of amides is 1. The molecule has 1 saturated carbocycles. The Morgan fingerprint density at radius 2 is 2.06 bits per heavy atom. The number of carbonyl (C=O) groups is 1. The van der Waals surface area contributed by atoms with Crippen molar-refractivity contribution in [3.05, 3.63) is 65.0 Å². The highest BCUT2D eigenvalue weighted by molar-refractivity contribution is 5.91. The molecule has 0 aromatic carbocycles. The number of nitrogens with zero attached hydrogens (tertiary/aromatic N) is 6. The summed E-state index contributed by atoms with van der Waals surface area (Å²) >= 11 is 0. The zero-order valence-corrected chi connectivity index (χ0v) is 18.1. The number of hydrogen-bond acceptors (Lipinski definition) is 6. The van der Waals surface area contributed by atoms with Gasteiger partial charge in [-0.25, -0.2) is 0 Å². The standard InChI is InChI=1S/C23H26N8O/c1-15-5-8-19(24-12-15)13-25-23(32)21-14-31(30-28-21)9-3-2-4-18-10-17-11-20(16-6-7-16)26-22(17)29-27-18/h5,8,10-12,14,16H,2-4,6-7,9,13H2,1H3,(H,25,32)(H,26,29). The highest BCUT2D eigenvalue weighted by atomic mass is 16.2. The number of carbonyl (C=O) groups excluding carboxylic acids is 1. The van der Waals surface area contributed by atoms with Crippen LogP contribution < -0.4 is 5.32 Å². The van der Waals surface area contributed by atoms with E-state index >= 15 is 0 Å². The van der Waals surface area contributed by atoms with Crippen LogP contribution in [0.2, 0.25) is 0 Å². The maximum atomic E-state index is 12.3. The van der Waals surface area contributed by atoms with E-state index in [1.807, 2.05) is 19.1 Å². The third-order valence-corrected chi connectivity index (χ3v) is 5.71. The lowest BCUT2D eigenvalue weighted by Crippen LogP contribution is -2.23. The summed E-state index contributed by atoms with van der Waals surface area (Å²) in [5.41, 5.74) is 5.37. The normalized spacial score (nSPS) is 13.5. The molecule has 1 aliphatic carbocycles. The first kappa shape index (κ1) is 20.3. The Kier molecular flexibility index (Phi) is 5.62. The second kappa shape index (κ2) is 8.86. The summed E-state index contributed by atoms with van der Waals surface area (Å²) in [4.78, 5) is 20.0. The summed E-state index contributed by atoms with van der Waals surface area (Å²) in [5.74, 6) is 0.431. The minimum atomic E-state index is -0.251. The van der Waals surface area contributed by atoms with Gasteiger partial charge in [0.2, 0.25) is 0 Å². The highest BCUT2D eigenvalue weighted by Gasteiger charge is 2.25. The Balaban J connectivity index is 1.07. The zero-order chi connectivity index (χ0) is 21.9. The number of aromatic nitrogens is 7. The Bertz CT molecular complexity index is 1220. The third kappa shape index (κ3) is 4.82. The van der Waals surface area contributed by atoms with E-state index in [1.54, 1.807) is 17.1 Å². The van der Waals surface area contributed by atoms with E-state index in [0.29, 0.717) is 24.7 Å². The molecule has 32 heavy (non-hydrogen) atoms. The SMILES string of the molecule is Cc1ccc(CNC(=O)c2cn(CCCCc3cc4cc(C5CC5)[nH]c4nn3)nn2)nc1. The molecule has 4 aromatic heterocycles. The summed E-state index contributed by atoms with van der Waals surface area (Å²) in [5, 5.41) is 20.7. The predicted molar refractivity (Wildman–Crippen MR) is 119 cm³/mol. The first-order valence-corrected chi connectivity index (χ1v) is 11.1. The van der Waals surface area contributed by atoms with Crippen LogP contribution >= 0.6 is 0 Å². The number of aromatic amines is 1. The lowest BCUT2D eigenvalue weighted by atomic mass is 10.1. The lowest BCUT2D eigenvalue weighted by Gasteiger charge is -2.03. The average Bonchev–Trinajstić information content (AvgIpc) is 3.39. The van der Waals surface area contributed by atoms with E-state index in [0.717, 1.165) is 47.2 Å². The molecule has 0 radical (unpaired) electrons. The smallest absolute Gasteiger partial charge is 0.273 e. The number of fused-ring (bicyclic) bond motifs is 1. The van der Waals surface area contributed by atoms with E-state index in [1.165, 1.54) is 18.5 Å². The average molecular weight is 431 g/mol. The van der Waals surface area contributed by atoms with Gasteiger partial charge in [-0.3, -0.25) is 14.5 Å². The molecule has 0 bridgehead atoms. The van der Waals surface area contributed by atoms with E-state index in [-0.39, 0.29) is 5.91 Å². The van der Waals surface area contributed by atoms with E-state index in [4.69, 9.17) is 0 Å². The molecule has 4 aromatic rings. The molecule has 164 valence electrons. The van der Waals surface area contributed by atoms with Crippen LogP contribution in [0.5, 0.6) is 0 Å². The van der Waals surface area contributed by atoms with Crippen LogP contribution in [0.25, 0.3) is 11.0 Å². The van der Waals surface area contributed by atoms with Crippen molar-refractivity contribution in [1.82, 2.24) is 40.5 Å². The fourth-order valence-corrected chi connectivity index (χ4v) is 3.69. The highest BCUT2D eigenvalue weighted by Crippen LogP contribution is 2.40. The second-order valence-electron chi connectivity index (χ2n) is 8.47. The fourth-order valence-electron chi connectivity index (χ4n) is 3.69. The first-order chi connectivity index (χ1) is 15.6. The second-order valence-corrected chi connectivity index (χ2v) is 8.47. The molecule has 0 aliphatic heterocycles. The molecule has 0 atom stereocenters. The molecule has 1 aliphatic rings.